The number of carbonyl (C=O) groups is 1. The lowest BCUT2D eigenvalue weighted by atomic mass is 10.1. The first-order chi connectivity index (χ1) is 10.2. The summed E-state index contributed by atoms with van der Waals surface area (Å²) in [5, 5.41) is 2.83. The molecule has 21 heavy (non-hydrogen) atoms. The van der Waals surface area contributed by atoms with Gasteiger partial charge in [0, 0.05) is 32.0 Å². The number of methoxy groups -OCH3 is 1. The van der Waals surface area contributed by atoms with Crippen molar-refractivity contribution in [2.24, 2.45) is 0 Å². The Morgan fingerprint density at radius 2 is 2.10 bits per heavy atom. The van der Waals surface area contributed by atoms with Gasteiger partial charge in [0.25, 0.3) is 5.91 Å². The third kappa shape index (κ3) is 3.14. The standard InChI is InChI=1S/C16H18N2O2S/c1-11-3-5-12(6-4-11)7-15-17-14(10-21-15)16(19)18-8-13(9-18)20-2/h3-6,10,13H,7-9H2,1-2H3. The van der Waals surface area contributed by atoms with Gasteiger partial charge in [-0.25, -0.2) is 4.98 Å². The molecule has 0 unspecified atom stereocenters. The molecule has 2 aromatic rings. The predicted molar refractivity (Wildman–Crippen MR) is 82.8 cm³/mol. The van der Waals surface area contributed by atoms with Crippen molar-refractivity contribution in [2.75, 3.05) is 20.2 Å². The van der Waals surface area contributed by atoms with E-state index in [2.05, 4.69) is 36.2 Å². The normalized spacial score (nSPS) is 15.0. The van der Waals surface area contributed by atoms with Gasteiger partial charge in [-0.1, -0.05) is 29.8 Å². The second kappa shape index (κ2) is 5.95. The summed E-state index contributed by atoms with van der Waals surface area (Å²) in [6.45, 7) is 3.41. The minimum absolute atomic E-state index is 0.00899. The van der Waals surface area contributed by atoms with Gasteiger partial charge in [0.1, 0.15) is 5.69 Å². The lowest BCUT2D eigenvalue weighted by Crippen LogP contribution is -2.54. The number of hydrogen-bond donors (Lipinski definition) is 0. The maximum absolute atomic E-state index is 12.2. The summed E-state index contributed by atoms with van der Waals surface area (Å²) < 4.78 is 5.18. The van der Waals surface area contributed by atoms with Crippen molar-refractivity contribution in [2.45, 2.75) is 19.4 Å². The summed E-state index contributed by atoms with van der Waals surface area (Å²) in [6, 6.07) is 8.41. The third-order valence-electron chi connectivity index (χ3n) is 3.72. The average Bonchev–Trinajstić information content (AvgIpc) is 2.89. The summed E-state index contributed by atoms with van der Waals surface area (Å²) in [5.41, 5.74) is 3.02. The van der Waals surface area contributed by atoms with Crippen LogP contribution >= 0.6 is 11.3 Å². The van der Waals surface area contributed by atoms with Crippen LogP contribution in [0, 0.1) is 6.92 Å². The van der Waals surface area contributed by atoms with Gasteiger partial charge in [0.2, 0.25) is 0 Å². The van der Waals surface area contributed by atoms with E-state index < -0.39 is 0 Å². The van der Waals surface area contributed by atoms with Crippen LogP contribution in [0.4, 0.5) is 0 Å². The lowest BCUT2D eigenvalue weighted by molar-refractivity contribution is -0.0194. The summed E-state index contributed by atoms with van der Waals surface area (Å²) in [7, 11) is 1.68. The number of rotatable bonds is 4. The maximum Gasteiger partial charge on any atom is 0.273 e. The van der Waals surface area contributed by atoms with Gasteiger partial charge < -0.3 is 9.64 Å². The highest BCUT2D eigenvalue weighted by Gasteiger charge is 2.32. The molecule has 0 N–H and O–H groups in total. The van der Waals surface area contributed by atoms with Crippen molar-refractivity contribution in [3.05, 3.63) is 51.5 Å². The number of likely N-dealkylation sites (tertiary alicyclic amines) is 1. The number of thiazole rings is 1. The number of hydrogen-bond acceptors (Lipinski definition) is 4. The van der Waals surface area contributed by atoms with Crippen LogP contribution in [0.25, 0.3) is 0 Å². The first kappa shape index (κ1) is 14.2. The van der Waals surface area contributed by atoms with E-state index in [9.17, 15) is 4.79 Å². The Balaban J connectivity index is 1.63. The molecule has 1 aliphatic heterocycles. The number of benzene rings is 1. The van der Waals surface area contributed by atoms with Crippen LogP contribution in [0.5, 0.6) is 0 Å². The average molecular weight is 302 g/mol. The lowest BCUT2D eigenvalue weighted by Gasteiger charge is -2.37. The second-order valence-electron chi connectivity index (χ2n) is 5.36. The first-order valence-electron chi connectivity index (χ1n) is 6.97. The molecule has 0 atom stereocenters. The van der Waals surface area contributed by atoms with Gasteiger partial charge in [-0.05, 0) is 12.5 Å². The molecule has 110 valence electrons. The zero-order valence-electron chi connectivity index (χ0n) is 12.2. The number of nitrogens with zero attached hydrogens (tertiary/aromatic N) is 2. The smallest absolute Gasteiger partial charge is 0.273 e. The second-order valence-corrected chi connectivity index (χ2v) is 6.30. The highest BCUT2D eigenvalue weighted by Crippen LogP contribution is 2.19. The third-order valence-corrected chi connectivity index (χ3v) is 4.56. The molecule has 4 nitrogen and oxygen atoms in total. The molecule has 3 rings (SSSR count). The van der Waals surface area contributed by atoms with E-state index in [1.807, 2.05) is 5.38 Å². The molecular weight excluding hydrogens is 284 g/mol. The first-order valence-corrected chi connectivity index (χ1v) is 7.85. The van der Waals surface area contributed by atoms with E-state index in [1.54, 1.807) is 23.3 Å². The van der Waals surface area contributed by atoms with Gasteiger partial charge in [0.15, 0.2) is 0 Å². The summed E-state index contributed by atoms with van der Waals surface area (Å²) >= 11 is 1.55. The Morgan fingerprint density at radius 3 is 2.76 bits per heavy atom. The van der Waals surface area contributed by atoms with Crippen LogP contribution in [0.2, 0.25) is 0 Å². The fourth-order valence-electron chi connectivity index (χ4n) is 2.29. The van der Waals surface area contributed by atoms with Crippen LogP contribution in [-0.2, 0) is 11.2 Å². The van der Waals surface area contributed by atoms with Gasteiger partial charge in [-0.3, -0.25) is 4.79 Å². The summed E-state index contributed by atoms with van der Waals surface area (Å²) in [5.74, 6) is 0.00899. The SMILES string of the molecule is COC1CN(C(=O)c2csc(Cc3ccc(C)cc3)n2)C1. The van der Waals surface area contributed by atoms with Gasteiger partial charge in [-0.2, -0.15) is 0 Å². The van der Waals surface area contributed by atoms with E-state index in [1.165, 1.54) is 11.1 Å². The molecule has 0 aliphatic carbocycles. The van der Waals surface area contributed by atoms with Gasteiger partial charge >= 0.3 is 0 Å². The van der Waals surface area contributed by atoms with E-state index in [4.69, 9.17) is 4.74 Å². The number of ether oxygens (including phenoxy) is 1. The van der Waals surface area contributed by atoms with Crippen LogP contribution in [0.3, 0.4) is 0 Å². The van der Waals surface area contributed by atoms with E-state index in [0.29, 0.717) is 18.8 Å². The largest absolute Gasteiger partial charge is 0.378 e. The van der Waals surface area contributed by atoms with E-state index >= 15 is 0 Å². The number of amides is 1. The van der Waals surface area contributed by atoms with Crippen molar-refractivity contribution in [3.8, 4) is 0 Å². The molecule has 1 amide bonds. The molecule has 1 fully saturated rings. The molecule has 2 heterocycles. The minimum Gasteiger partial charge on any atom is -0.378 e. The molecule has 5 heteroatoms. The molecular formula is C16H18N2O2S. The molecule has 1 aromatic carbocycles. The van der Waals surface area contributed by atoms with Crippen molar-refractivity contribution in [1.82, 2.24) is 9.88 Å². The highest BCUT2D eigenvalue weighted by atomic mass is 32.1. The zero-order valence-corrected chi connectivity index (χ0v) is 13.0. The fraction of sp³-hybridized carbons (Fsp3) is 0.375. The van der Waals surface area contributed by atoms with Crippen molar-refractivity contribution >= 4 is 17.2 Å². The Kier molecular flexibility index (Phi) is 4.03. The number of aryl methyl sites for hydroxylation is 1. The highest BCUT2D eigenvalue weighted by molar-refractivity contribution is 7.09. The molecule has 0 radical (unpaired) electrons. The van der Waals surface area contributed by atoms with Gasteiger partial charge in [-0.15, -0.1) is 11.3 Å². The van der Waals surface area contributed by atoms with Crippen molar-refractivity contribution < 1.29 is 9.53 Å². The van der Waals surface area contributed by atoms with Crippen LogP contribution < -0.4 is 0 Å². The van der Waals surface area contributed by atoms with Crippen LogP contribution in [0.15, 0.2) is 29.6 Å². The quantitative estimate of drug-likeness (QED) is 0.871. The minimum atomic E-state index is 0.00899. The summed E-state index contributed by atoms with van der Waals surface area (Å²) in [4.78, 5) is 18.5. The van der Waals surface area contributed by atoms with E-state index in [-0.39, 0.29) is 12.0 Å². The Bertz CT molecular complexity index is 630. The van der Waals surface area contributed by atoms with Gasteiger partial charge in [0.05, 0.1) is 11.1 Å². The molecule has 0 saturated carbocycles. The Morgan fingerprint density at radius 1 is 1.38 bits per heavy atom. The molecule has 1 aliphatic rings. The van der Waals surface area contributed by atoms with Crippen molar-refractivity contribution in [3.63, 3.8) is 0 Å². The topological polar surface area (TPSA) is 42.4 Å². The molecule has 1 saturated heterocycles. The predicted octanol–water partition coefficient (Wildman–Crippen LogP) is 2.51. The Hall–Kier alpha value is -1.72. The van der Waals surface area contributed by atoms with Crippen LogP contribution in [0.1, 0.15) is 26.6 Å². The zero-order chi connectivity index (χ0) is 14.8. The monoisotopic (exact) mass is 302 g/mol. The van der Waals surface area contributed by atoms with E-state index in [0.717, 1.165) is 11.4 Å². The number of aromatic nitrogens is 1. The molecule has 0 bridgehead atoms. The Labute approximate surface area is 128 Å². The summed E-state index contributed by atoms with van der Waals surface area (Å²) in [6.07, 6.45) is 0.957. The van der Waals surface area contributed by atoms with Crippen LogP contribution in [-0.4, -0.2) is 42.1 Å². The molecule has 1 aromatic heterocycles. The number of carbonyl (C=O) groups excluding carboxylic acids is 1. The van der Waals surface area contributed by atoms with Crippen molar-refractivity contribution in [1.29, 1.82) is 0 Å². The maximum atomic E-state index is 12.2. The molecule has 0 spiro atoms. The fourth-order valence-corrected chi connectivity index (χ4v) is 3.09.